The van der Waals surface area contributed by atoms with Gasteiger partial charge >= 0.3 is 0 Å². The van der Waals surface area contributed by atoms with Gasteiger partial charge < -0.3 is 14.8 Å². The van der Waals surface area contributed by atoms with Gasteiger partial charge in [0.05, 0.1) is 19.8 Å². The number of carbonyl (C=O) groups excluding carboxylic acids is 1. The lowest BCUT2D eigenvalue weighted by Crippen LogP contribution is -2.31. The van der Waals surface area contributed by atoms with E-state index in [1.807, 2.05) is 0 Å². The summed E-state index contributed by atoms with van der Waals surface area (Å²) < 4.78 is 10.3. The molecule has 1 atom stereocenters. The molecule has 0 saturated heterocycles. The maximum atomic E-state index is 12.1. The number of hydrogen-bond donors (Lipinski definition) is 1. The van der Waals surface area contributed by atoms with Crippen LogP contribution in [-0.4, -0.2) is 31.5 Å². The number of rotatable bonds is 6. The largest absolute Gasteiger partial charge is 0.497 e. The number of alkyl halides is 1. The Morgan fingerprint density at radius 2 is 2.00 bits per heavy atom. The molecule has 1 N–H and O–H groups in total. The Kier molecular flexibility index (Phi) is 6.15. The highest BCUT2D eigenvalue weighted by molar-refractivity contribution is 9.09. The zero-order valence-corrected chi connectivity index (χ0v) is 13.3. The van der Waals surface area contributed by atoms with Gasteiger partial charge in [-0.1, -0.05) is 29.8 Å². The average molecular weight is 330 g/mol. The van der Waals surface area contributed by atoms with Crippen molar-refractivity contribution in [3.63, 3.8) is 0 Å². The highest BCUT2D eigenvalue weighted by atomic mass is 79.9. The zero-order valence-electron chi connectivity index (χ0n) is 11.7. The van der Waals surface area contributed by atoms with Crippen LogP contribution < -0.4 is 14.8 Å². The fourth-order valence-corrected chi connectivity index (χ4v) is 1.67. The molecular weight excluding hydrogens is 310 g/mol. The Labute approximate surface area is 122 Å². The molecule has 0 spiro atoms. The quantitative estimate of drug-likeness (QED) is 0.816. The second-order valence-electron chi connectivity index (χ2n) is 4.54. The van der Waals surface area contributed by atoms with Crippen LogP contribution in [0.5, 0.6) is 11.5 Å². The Morgan fingerprint density at radius 3 is 2.53 bits per heavy atom. The SMILES string of the molecule is COc1ccc(C(=O)NCC(Br)C(C)C)c(OC)c1. The lowest BCUT2D eigenvalue weighted by molar-refractivity contribution is 0.0950. The molecule has 0 heterocycles. The normalized spacial score (nSPS) is 12.1. The minimum absolute atomic E-state index is 0.149. The van der Waals surface area contributed by atoms with E-state index in [1.54, 1.807) is 25.3 Å². The third-order valence-corrected chi connectivity index (χ3v) is 4.22. The Bertz CT molecular complexity index is 435. The monoisotopic (exact) mass is 329 g/mol. The van der Waals surface area contributed by atoms with Gasteiger partial charge in [-0.15, -0.1) is 0 Å². The van der Waals surface area contributed by atoms with Crippen LogP contribution >= 0.6 is 15.9 Å². The molecule has 4 nitrogen and oxygen atoms in total. The molecule has 0 fully saturated rings. The molecule has 0 radical (unpaired) electrons. The maximum Gasteiger partial charge on any atom is 0.255 e. The second-order valence-corrected chi connectivity index (χ2v) is 5.71. The smallest absolute Gasteiger partial charge is 0.255 e. The number of benzene rings is 1. The summed E-state index contributed by atoms with van der Waals surface area (Å²) in [5.74, 6) is 1.48. The highest BCUT2D eigenvalue weighted by Crippen LogP contribution is 2.24. The summed E-state index contributed by atoms with van der Waals surface area (Å²) in [4.78, 5) is 12.3. The molecule has 1 amide bonds. The predicted octanol–water partition coefficient (Wildman–Crippen LogP) is 2.85. The van der Waals surface area contributed by atoms with E-state index in [0.29, 0.717) is 29.5 Å². The van der Waals surface area contributed by atoms with Gasteiger partial charge in [0.2, 0.25) is 0 Å². The van der Waals surface area contributed by atoms with Crippen LogP contribution in [0, 0.1) is 5.92 Å². The van der Waals surface area contributed by atoms with Gasteiger partial charge in [-0.3, -0.25) is 4.79 Å². The molecule has 1 unspecified atom stereocenters. The molecule has 1 aromatic rings. The summed E-state index contributed by atoms with van der Waals surface area (Å²) in [5.41, 5.74) is 0.506. The van der Waals surface area contributed by atoms with Crippen molar-refractivity contribution in [1.82, 2.24) is 5.32 Å². The van der Waals surface area contributed by atoms with E-state index in [-0.39, 0.29) is 10.7 Å². The summed E-state index contributed by atoms with van der Waals surface area (Å²) in [6, 6.07) is 5.14. The first-order chi connectivity index (χ1) is 8.99. The summed E-state index contributed by atoms with van der Waals surface area (Å²) in [7, 11) is 3.11. The molecular formula is C14H20BrNO3. The van der Waals surface area contributed by atoms with Crippen molar-refractivity contribution < 1.29 is 14.3 Å². The fourth-order valence-electron chi connectivity index (χ4n) is 1.51. The van der Waals surface area contributed by atoms with E-state index in [1.165, 1.54) is 7.11 Å². The lowest BCUT2D eigenvalue weighted by atomic mass is 10.1. The van der Waals surface area contributed by atoms with Crippen molar-refractivity contribution in [3.8, 4) is 11.5 Å². The summed E-state index contributed by atoms with van der Waals surface area (Å²) in [5, 5.41) is 2.89. The minimum Gasteiger partial charge on any atom is -0.497 e. The Balaban J connectivity index is 2.76. The van der Waals surface area contributed by atoms with E-state index in [9.17, 15) is 4.79 Å². The number of amides is 1. The Hall–Kier alpha value is -1.23. The van der Waals surface area contributed by atoms with E-state index in [4.69, 9.17) is 9.47 Å². The van der Waals surface area contributed by atoms with Gasteiger partial charge in [0.1, 0.15) is 11.5 Å². The predicted molar refractivity (Wildman–Crippen MR) is 79.4 cm³/mol. The van der Waals surface area contributed by atoms with Gasteiger partial charge in [-0.05, 0) is 18.1 Å². The van der Waals surface area contributed by atoms with E-state index < -0.39 is 0 Å². The van der Waals surface area contributed by atoms with Crippen molar-refractivity contribution in [3.05, 3.63) is 23.8 Å². The first kappa shape index (κ1) is 15.8. The average Bonchev–Trinajstić information content (AvgIpc) is 2.43. The molecule has 0 aliphatic heterocycles. The lowest BCUT2D eigenvalue weighted by Gasteiger charge is -2.15. The topological polar surface area (TPSA) is 47.6 Å². The van der Waals surface area contributed by atoms with Crippen LogP contribution in [0.25, 0.3) is 0 Å². The second kappa shape index (κ2) is 7.38. The van der Waals surface area contributed by atoms with Crippen molar-refractivity contribution in [2.24, 2.45) is 5.92 Å². The molecule has 0 saturated carbocycles. The number of hydrogen-bond acceptors (Lipinski definition) is 3. The first-order valence-corrected chi connectivity index (χ1v) is 7.05. The van der Waals surface area contributed by atoms with Crippen LogP contribution in [-0.2, 0) is 0 Å². The fraction of sp³-hybridized carbons (Fsp3) is 0.500. The summed E-state index contributed by atoms with van der Waals surface area (Å²) in [6.07, 6.45) is 0. The van der Waals surface area contributed by atoms with Crippen molar-refractivity contribution in [2.45, 2.75) is 18.7 Å². The van der Waals surface area contributed by atoms with Crippen LogP contribution in [0.1, 0.15) is 24.2 Å². The number of carbonyl (C=O) groups is 1. The van der Waals surface area contributed by atoms with Crippen molar-refractivity contribution in [1.29, 1.82) is 0 Å². The van der Waals surface area contributed by atoms with E-state index in [2.05, 4.69) is 35.1 Å². The number of methoxy groups -OCH3 is 2. The van der Waals surface area contributed by atoms with Gasteiger partial charge in [0.15, 0.2) is 0 Å². The standard InChI is InChI=1S/C14H20BrNO3/c1-9(2)12(15)8-16-14(17)11-6-5-10(18-3)7-13(11)19-4/h5-7,9,12H,8H2,1-4H3,(H,16,17). The van der Waals surface area contributed by atoms with Crippen LogP contribution in [0.15, 0.2) is 18.2 Å². The third kappa shape index (κ3) is 4.42. The molecule has 0 aliphatic carbocycles. The molecule has 19 heavy (non-hydrogen) atoms. The molecule has 5 heteroatoms. The molecule has 106 valence electrons. The molecule has 1 aromatic carbocycles. The van der Waals surface area contributed by atoms with Gasteiger partial charge in [0, 0.05) is 17.4 Å². The third-order valence-electron chi connectivity index (χ3n) is 2.83. The number of ether oxygens (including phenoxy) is 2. The molecule has 0 aromatic heterocycles. The van der Waals surface area contributed by atoms with E-state index in [0.717, 1.165) is 0 Å². The van der Waals surface area contributed by atoms with Crippen molar-refractivity contribution >= 4 is 21.8 Å². The van der Waals surface area contributed by atoms with Crippen LogP contribution in [0.4, 0.5) is 0 Å². The maximum absolute atomic E-state index is 12.1. The molecule has 0 bridgehead atoms. The van der Waals surface area contributed by atoms with Crippen LogP contribution in [0.2, 0.25) is 0 Å². The van der Waals surface area contributed by atoms with Gasteiger partial charge in [-0.25, -0.2) is 0 Å². The number of halogens is 1. The minimum atomic E-state index is -0.149. The van der Waals surface area contributed by atoms with Gasteiger partial charge in [-0.2, -0.15) is 0 Å². The number of nitrogens with one attached hydrogen (secondary N) is 1. The van der Waals surface area contributed by atoms with E-state index >= 15 is 0 Å². The Morgan fingerprint density at radius 1 is 1.32 bits per heavy atom. The summed E-state index contributed by atoms with van der Waals surface area (Å²) in [6.45, 7) is 4.77. The molecule has 0 aliphatic rings. The first-order valence-electron chi connectivity index (χ1n) is 6.13. The van der Waals surface area contributed by atoms with Crippen LogP contribution in [0.3, 0.4) is 0 Å². The molecule has 1 rings (SSSR count). The van der Waals surface area contributed by atoms with Crippen molar-refractivity contribution in [2.75, 3.05) is 20.8 Å². The highest BCUT2D eigenvalue weighted by Gasteiger charge is 2.15. The summed E-state index contributed by atoms with van der Waals surface area (Å²) >= 11 is 3.54. The zero-order chi connectivity index (χ0) is 14.4. The van der Waals surface area contributed by atoms with Gasteiger partial charge in [0.25, 0.3) is 5.91 Å².